The standard InChI is InChI=1S/C11H12O4/c12-10-6-4-2-1-3-5(9-8(4)14-9)7(6)11(13)15-10/h4-9H,1-3H2/t4-,5-,6-,7-,8-,9+/m1/s1. The van der Waals surface area contributed by atoms with Gasteiger partial charge in [-0.15, -0.1) is 0 Å². The maximum absolute atomic E-state index is 11.6. The molecule has 2 heterocycles. The highest BCUT2D eigenvalue weighted by atomic mass is 16.6. The van der Waals surface area contributed by atoms with E-state index in [0.717, 1.165) is 19.3 Å². The topological polar surface area (TPSA) is 55.9 Å². The molecule has 3 aliphatic carbocycles. The lowest BCUT2D eigenvalue weighted by molar-refractivity contribution is -0.154. The first-order valence-electron chi connectivity index (χ1n) is 5.68. The van der Waals surface area contributed by atoms with E-state index in [4.69, 9.17) is 9.47 Å². The van der Waals surface area contributed by atoms with Gasteiger partial charge in [-0.3, -0.25) is 9.59 Å². The zero-order chi connectivity index (χ0) is 10.2. The van der Waals surface area contributed by atoms with Crippen molar-refractivity contribution in [1.29, 1.82) is 0 Å². The summed E-state index contributed by atoms with van der Waals surface area (Å²) >= 11 is 0. The number of ether oxygens (including phenoxy) is 2. The van der Waals surface area contributed by atoms with Crippen LogP contribution in [0.4, 0.5) is 0 Å². The normalized spacial score (nSPS) is 55.7. The monoisotopic (exact) mass is 208 g/mol. The van der Waals surface area contributed by atoms with Crippen LogP contribution < -0.4 is 0 Å². The molecule has 2 saturated heterocycles. The predicted molar refractivity (Wildman–Crippen MR) is 47.6 cm³/mol. The number of fused-ring (bicyclic) bond motifs is 2. The molecule has 5 aliphatic rings. The first-order valence-corrected chi connectivity index (χ1v) is 5.68. The Morgan fingerprint density at radius 3 is 2.00 bits per heavy atom. The van der Waals surface area contributed by atoms with Crippen molar-refractivity contribution in [2.24, 2.45) is 23.7 Å². The first kappa shape index (κ1) is 8.28. The Balaban J connectivity index is 1.83. The zero-order valence-corrected chi connectivity index (χ0v) is 8.22. The van der Waals surface area contributed by atoms with E-state index < -0.39 is 0 Å². The van der Waals surface area contributed by atoms with Crippen LogP contribution >= 0.6 is 0 Å². The van der Waals surface area contributed by atoms with Crippen molar-refractivity contribution in [1.82, 2.24) is 0 Å². The first-order chi connectivity index (χ1) is 7.27. The van der Waals surface area contributed by atoms with E-state index in [0.29, 0.717) is 0 Å². The molecule has 0 amide bonds. The minimum Gasteiger partial charge on any atom is -0.393 e. The summed E-state index contributed by atoms with van der Waals surface area (Å²) in [5.74, 6) is -0.468. The largest absolute Gasteiger partial charge is 0.393 e. The molecular weight excluding hydrogens is 196 g/mol. The van der Waals surface area contributed by atoms with E-state index in [9.17, 15) is 9.59 Å². The van der Waals surface area contributed by atoms with E-state index in [2.05, 4.69) is 0 Å². The van der Waals surface area contributed by atoms with Crippen LogP contribution in [0.5, 0.6) is 0 Å². The summed E-state index contributed by atoms with van der Waals surface area (Å²) in [6.45, 7) is 0. The molecule has 80 valence electrons. The molecule has 0 aromatic carbocycles. The van der Waals surface area contributed by atoms with Gasteiger partial charge in [0.05, 0.1) is 24.0 Å². The molecule has 0 N–H and O–H groups in total. The van der Waals surface area contributed by atoms with Crippen molar-refractivity contribution in [2.45, 2.75) is 31.5 Å². The Bertz CT molecular complexity index is 332. The molecule has 5 fully saturated rings. The van der Waals surface area contributed by atoms with Crippen molar-refractivity contribution in [3.63, 3.8) is 0 Å². The van der Waals surface area contributed by atoms with Crippen molar-refractivity contribution < 1.29 is 19.1 Å². The molecule has 5 rings (SSSR count). The van der Waals surface area contributed by atoms with E-state index in [-0.39, 0.29) is 47.8 Å². The molecule has 0 aromatic rings. The van der Waals surface area contributed by atoms with E-state index >= 15 is 0 Å². The van der Waals surface area contributed by atoms with Crippen LogP contribution in [0.25, 0.3) is 0 Å². The van der Waals surface area contributed by atoms with Gasteiger partial charge in [0.15, 0.2) is 0 Å². The minimum atomic E-state index is -0.296. The van der Waals surface area contributed by atoms with Crippen LogP contribution in [0.3, 0.4) is 0 Å². The molecule has 6 atom stereocenters. The number of carbonyl (C=O) groups is 2. The fourth-order valence-electron chi connectivity index (χ4n) is 3.92. The molecule has 0 aromatic heterocycles. The Morgan fingerprint density at radius 2 is 1.47 bits per heavy atom. The number of rotatable bonds is 0. The van der Waals surface area contributed by atoms with Gasteiger partial charge >= 0.3 is 11.9 Å². The van der Waals surface area contributed by atoms with Gasteiger partial charge in [0, 0.05) is 11.8 Å². The number of epoxide rings is 1. The van der Waals surface area contributed by atoms with Gasteiger partial charge in [0.1, 0.15) is 0 Å². The summed E-state index contributed by atoms with van der Waals surface area (Å²) in [5, 5.41) is 0. The van der Waals surface area contributed by atoms with Crippen LogP contribution in [-0.2, 0) is 19.1 Å². The van der Waals surface area contributed by atoms with Crippen molar-refractivity contribution in [3.05, 3.63) is 0 Å². The molecule has 3 saturated carbocycles. The lowest BCUT2D eigenvalue weighted by Gasteiger charge is -2.27. The Labute approximate surface area is 86.9 Å². The zero-order valence-electron chi connectivity index (χ0n) is 8.22. The lowest BCUT2D eigenvalue weighted by Crippen LogP contribution is -2.39. The van der Waals surface area contributed by atoms with Gasteiger partial charge in [-0.25, -0.2) is 0 Å². The van der Waals surface area contributed by atoms with Gasteiger partial charge in [-0.2, -0.15) is 0 Å². The SMILES string of the molecule is O=C1OC(=O)[C@@H]2[C@H]3CCC[C@@H]([C@H]4O[C@@H]34)[C@@H]12. The summed E-state index contributed by atoms with van der Waals surface area (Å²) in [4.78, 5) is 23.3. The van der Waals surface area contributed by atoms with Gasteiger partial charge < -0.3 is 9.47 Å². The quantitative estimate of drug-likeness (QED) is 0.330. The fraction of sp³-hybridized carbons (Fsp3) is 0.818. The Morgan fingerprint density at radius 1 is 0.933 bits per heavy atom. The molecule has 0 radical (unpaired) electrons. The summed E-state index contributed by atoms with van der Waals surface area (Å²) in [7, 11) is 0. The molecular formula is C11H12O4. The fourth-order valence-corrected chi connectivity index (χ4v) is 3.92. The Hall–Kier alpha value is -0.900. The van der Waals surface area contributed by atoms with Crippen molar-refractivity contribution >= 4 is 11.9 Å². The van der Waals surface area contributed by atoms with Crippen LogP contribution in [0.2, 0.25) is 0 Å². The summed E-state index contributed by atoms with van der Waals surface area (Å²) < 4.78 is 10.4. The second-order valence-electron chi connectivity index (χ2n) is 5.12. The summed E-state index contributed by atoms with van der Waals surface area (Å²) in [6, 6.07) is 0. The maximum atomic E-state index is 11.6. The van der Waals surface area contributed by atoms with Gasteiger partial charge in [0.25, 0.3) is 0 Å². The minimum absolute atomic E-state index is 0.186. The van der Waals surface area contributed by atoms with Crippen LogP contribution in [0.1, 0.15) is 19.3 Å². The highest BCUT2D eigenvalue weighted by molar-refractivity contribution is 5.97. The number of cyclic esters (lactones) is 2. The van der Waals surface area contributed by atoms with Crippen LogP contribution in [0, 0.1) is 23.7 Å². The molecule has 0 unspecified atom stereocenters. The molecule has 4 heteroatoms. The third-order valence-electron chi connectivity index (χ3n) is 4.54. The molecule has 2 bridgehead atoms. The van der Waals surface area contributed by atoms with E-state index in [1.54, 1.807) is 0 Å². The van der Waals surface area contributed by atoms with E-state index in [1.807, 2.05) is 0 Å². The smallest absolute Gasteiger partial charge is 0.317 e. The van der Waals surface area contributed by atoms with Gasteiger partial charge in [-0.05, 0) is 12.8 Å². The number of hydrogen-bond acceptors (Lipinski definition) is 4. The summed E-state index contributed by atoms with van der Waals surface area (Å²) in [5.41, 5.74) is 0. The third-order valence-corrected chi connectivity index (χ3v) is 4.54. The average molecular weight is 208 g/mol. The van der Waals surface area contributed by atoms with Crippen LogP contribution in [-0.4, -0.2) is 24.1 Å². The maximum Gasteiger partial charge on any atom is 0.317 e. The number of hydrogen-bond donors (Lipinski definition) is 0. The molecule has 15 heavy (non-hydrogen) atoms. The second-order valence-corrected chi connectivity index (χ2v) is 5.12. The Kier molecular flexibility index (Phi) is 1.34. The van der Waals surface area contributed by atoms with Gasteiger partial charge in [0.2, 0.25) is 0 Å². The van der Waals surface area contributed by atoms with Crippen molar-refractivity contribution in [3.8, 4) is 0 Å². The molecule has 2 aliphatic heterocycles. The third kappa shape index (κ3) is 0.869. The molecule has 4 nitrogen and oxygen atoms in total. The number of carbonyl (C=O) groups excluding carboxylic acids is 2. The van der Waals surface area contributed by atoms with Crippen LogP contribution in [0.15, 0.2) is 0 Å². The lowest BCUT2D eigenvalue weighted by atomic mass is 9.69. The molecule has 0 spiro atoms. The summed E-state index contributed by atoms with van der Waals surface area (Å²) in [6.07, 6.45) is 3.65. The number of esters is 2. The highest BCUT2D eigenvalue weighted by Crippen LogP contribution is 2.58. The van der Waals surface area contributed by atoms with Gasteiger partial charge in [-0.1, -0.05) is 6.42 Å². The second kappa shape index (κ2) is 2.43. The average Bonchev–Trinajstić information content (AvgIpc) is 2.96. The van der Waals surface area contributed by atoms with Crippen molar-refractivity contribution in [2.75, 3.05) is 0 Å². The highest BCUT2D eigenvalue weighted by Gasteiger charge is 2.68. The van der Waals surface area contributed by atoms with E-state index in [1.165, 1.54) is 0 Å². The predicted octanol–water partition coefficient (Wildman–Crippen LogP) is 0.499.